The molecule has 0 atom stereocenters. The second-order valence-corrected chi connectivity index (χ2v) is 9.26. The highest BCUT2D eigenvalue weighted by Gasteiger charge is 2.28. The first-order chi connectivity index (χ1) is 16.4. The van der Waals surface area contributed by atoms with Crippen LogP contribution >= 0.6 is 0 Å². The van der Waals surface area contributed by atoms with E-state index in [1.165, 1.54) is 6.07 Å². The van der Waals surface area contributed by atoms with Crippen LogP contribution in [0.3, 0.4) is 0 Å². The second-order valence-electron chi connectivity index (χ2n) is 9.26. The van der Waals surface area contributed by atoms with Crippen LogP contribution in [0.1, 0.15) is 42.5 Å². The van der Waals surface area contributed by atoms with Crippen LogP contribution in [0.2, 0.25) is 0 Å². The molecule has 0 unspecified atom stereocenters. The van der Waals surface area contributed by atoms with Crippen LogP contribution in [0.4, 0.5) is 16.2 Å². The number of hydrogen-bond acceptors (Lipinski definition) is 7. The molecular formula is C23H34N6O5. The average molecular weight is 475 g/mol. The van der Waals surface area contributed by atoms with Crippen molar-refractivity contribution in [1.82, 2.24) is 15.1 Å². The molecule has 3 fully saturated rings. The Morgan fingerprint density at radius 1 is 1.00 bits per heavy atom. The standard InChI is InChI=1S/C23H34N6O5/c24-18-3-5-19(6-4-18)25-22(30)17-2-7-20(21(16-17)29(32)33)26-8-1-9-27(11-10-26)23(31)28-12-14-34-15-13-28/h2,7,16,18-19H,1,3-6,8-15,24H2,(H,25,30). The summed E-state index contributed by atoms with van der Waals surface area (Å²) in [6.45, 7) is 4.44. The molecule has 2 aliphatic heterocycles. The van der Waals surface area contributed by atoms with Gasteiger partial charge < -0.3 is 30.5 Å². The number of urea groups is 1. The lowest BCUT2D eigenvalue weighted by Gasteiger charge is -2.32. The van der Waals surface area contributed by atoms with E-state index < -0.39 is 4.92 Å². The molecule has 1 aliphatic carbocycles. The maximum absolute atomic E-state index is 12.8. The Labute approximate surface area is 199 Å². The minimum absolute atomic E-state index is 0.00432. The van der Waals surface area contributed by atoms with E-state index in [2.05, 4.69) is 5.32 Å². The molecule has 0 spiro atoms. The third-order valence-electron chi connectivity index (χ3n) is 6.93. The molecule has 186 valence electrons. The quantitative estimate of drug-likeness (QED) is 0.499. The van der Waals surface area contributed by atoms with Gasteiger partial charge >= 0.3 is 6.03 Å². The van der Waals surface area contributed by atoms with Crippen LogP contribution in [0, 0.1) is 10.1 Å². The summed E-state index contributed by atoms with van der Waals surface area (Å²) in [7, 11) is 0. The number of benzene rings is 1. The number of nitro groups is 1. The van der Waals surface area contributed by atoms with Gasteiger partial charge in [0, 0.05) is 63.0 Å². The molecule has 2 saturated heterocycles. The van der Waals surface area contributed by atoms with Gasteiger partial charge in [0.1, 0.15) is 5.69 Å². The van der Waals surface area contributed by atoms with Crippen molar-refractivity contribution < 1.29 is 19.2 Å². The van der Waals surface area contributed by atoms with Crippen LogP contribution < -0.4 is 16.0 Å². The molecule has 1 aromatic carbocycles. The van der Waals surface area contributed by atoms with Crippen molar-refractivity contribution in [3.8, 4) is 0 Å². The topological polar surface area (TPSA) is 134 Å². The number of nitrogens with two attached hydrogens (primary N) is 1. The summed E-state index contributed by atoms with van der Waals surface area (Å²) in [5.41, 5.74) is 6.60. The van der Waals surface area contributed by atoms with Gasteiger partial charge in [-0.15, -0.1) is 0 Å². The average Bonchev–Trinajstić information content (AvgIpc) is 3.11. The molecule has 0 bridgehead atoms. The van der Waals surface area contributed by atoms with Crippen molar-refractivity contribution in [3.63, 3.8) is 0 Å². The van der Waals surface area contributed by atoms with Crippen LogP contribution in [-0.4, -0.2) is 91.2 Å². The Morgan fingerprint density at radius 3 is 2.41 bits per heavy atom. The Morgan fingerprint density at radius 2 is 1.71 bits per heavy atom. The third kappa shape index (κ3) is 5.76. The number of morpholine rings is 1. The van der Waals surface area contributed by atoms with Gasteiger partial charge in [-0.25, -0.2) is 4.79 Å². The molecule has 0 aromatic heterocycles. The van der Waals surface area contributed by atoms with Gasteiger partial charge in [0.25, 0.3) is 11.6 Å². The first-order valence-corrected chi connectivity index (χ1v) is 12.1. The number of carbonyl (C=O) groups is 2. The zero-order valence-electron chi connectivity index (χ0n) is 19.5. The van der Waals surface area contributed by atoms with Crippen molar-refractivity contribution in [1.29, 1.82) is 0 Å². The van der Waals surface area contributed by atoms with E-state index in [0.29, 0.717) is 64.6 Å². The summed E-state index contributed by atoms with van der Waals surface area (Å²) >= 11 is 0. The number of nitrogens with zero attached hydrogens (tertiary/aromatic N) is 4. The lowest BCUT2D eigenvalue weighted by atomic mass is 9.91. The maximum atomic E-state index is 12.8. The molecule has 1 aromatic rings. The number of nitrogens with one attached hydrogen (secondary N) is 1. The van der Waals surface area contributed by atoms with Gasteiger partial charge in [0.05, 0.1) is 18.1 Å². The lowest BCUT2D eigenvalue weighted by Crippen LogP contribution is -2.49. The van der Waals surface area contributed by atoms with Crippen LogP contribution in [0.25, 0.3) is 0 Å². The molecule has 3 aliphatic rings. The number of anilines is 1. The molecule has 11 heteroatoms. The van der Waals surface area contributed by atoms with Gasteiger partial charge in [-0.1, -0.05) is 0 Å². The Balaban J connectivity index is 1.42. The van der Waals surface area contributed by atoms with Crippen LogP contribution in [0.5, 0.6) is 0 Å². The fourth-order valence-corrected chi connectivity index (χ4v) is 4.91. The minimum Gasteiger partial charge on any atom is -0.378 e. The lowest BCUT2D eigenvalue weighted by molar-refractivity contribution is -0.384. The van der Waals surface area contributed by atoms with E-state index in [1.807, 2.05) is 9.80 Å². The summed E-state index contributed by atoms with van der Waals surface area (Å²) < 4.78 is 5.33. The fraction of sp³-hybridized carbons (Fsp3) is 0.652. The normalized spacial score (nSPS) is 23.9. The van der Waals surface area contributed by atoms with Crippen molar-refractivity contribution in [2.24, 2.45) is 5.73 Å². The first-order valence-electron chi connectivity index (χ1n) is 12.1. The predicted molar refractivity (Wildman–Crippen MR) is 127 cm³/mol. The van der Waals surface area contributed by atoms with Crippen molar-refractivity contribution in [2.75, 3.05) is 57.4 Å². The zero-order chi connectivity index (χ0) is 24.1. The van der Waals surface area contributed by atoms with Gasteiger partial charge in [-0.3, -0.25) is 14.9 Å². The highest BCUT2D eigenvalue weighted by atomic mass is 16.6. The second kappa shape index (κ2) is 11.0. The van der Waals surface area contributed by atoms with E-state index in [1.54, 1.807) is 17.0 Å². The third-order valence-corrected chi connectivity index (χ3v) is 6.93. The molecule has 2 heterocycles. The Bertz CT molecular complexity index is 898. The number of nitro benzene ring substituents is 1. The van der Waals surface area contributed by atoms with Crippen molar-refractivity contribution in [2.45, 2.75) is 44.2 Å². The summed E-state index contributed by atoms with van der Waals surface area (Å²) in [5.74, 6) is -0.298. The summed E-state index contributed by atoms with van der Waals surface area (Å²) in [4.78, 5) is 42.6. The number of carbonyl (C=O) groups excluding carboxylic acids is 2. The molecule has 3 N–H and O–H groups in total. The van der Waals surface area contributed by atoms with Gasteiger partial charge in [0.2, 0.25) is 0 Å². The molecule has 4 rings (SSSR count). The van der Waals surface area contributed by atoms with E-state index in [-0.39, 0.29) is 35.3 Å². The SMILES string of the molecule is NC1CCC(NC(=O)c2ccc(N3CCCN(C(=O)N4CCOCC4)CC3)c([N+](=O)[O-])c2)CC1. The monoisotopic (exact) mass is 474 g/mol. The van der Waals surface area contributed by atoms with Crippen molar-refractivity contribution >= 4 is 23.3 Å². The zero-order valence-corrected chi connectivity index (χ0v) is 19.5. The van der Waals surface area contributed by atoms with Crippen LogP contribution in [0.15, 0.2) is 18.2 Å². The number of rotatable bonds is 4. The highest BCUT2D eigenvalue weighted by molar-refractivity contribution is 5.96. The molecule has 11 nitrogen and oxygen atoms in total. The van der Waals surface area contributed by atoms with Gasteiger partial charge in [-0.05, 0) is 44.2 Å². The van der Waals surface area contributed by atoms with Gasteiger partial charge in [-0.2, -0.15) is 0 Å². The van der Waals surface area contributed by atoms with Crippen molar-refractivity contribution in [3.05, 3.63) is 33.9 Å². The maximum Gasteiger partial charge on any atom is 0.320 e. The molecule has 1 saturated carbocycles. The molecular weight excluding hydrogens is 440 g/mol. The Kier molecular flexibility index (Phi) is 7.84. The van der Waals surface area contributed by atoms with E-state index in [9.17, 15) is 19.7 Å². The van der Waals surface area contributed by atoms with E-state index in [4.69, 9.17) is 10.5 Å². The van der Waals surface area contributed by atoms with Crippen LogP contribution in [-0.2, 0) is 4.74 Å². The molecule has 3 amide bonds. The van der Waals surface area contributed by atoms with Gasteiger partial charge in [0.15, 0.2) is 0 Å². The summed E-state index contributed by atoms with van der Waals surface area (Å²) in [6.07, 6.45) is 4.08. The largest absolute Gasteiger partial charge is 0.378 e. The smallest absolute Gasteiger partial charge is 0.320 e. The fourth-order valence-electron chi connectivity index (χ4n) is 4.91. The molecule has 34 heavy (non-hydrogen) atoms. The minimum atomic E-state index is -0.437. The van der Waals surface area contributed by atoms with E-state index >= 15 is 0 Å². The predicted octanol–water partition coefficient (Wildman–Crippen LogP) is 1.56. The summed E-state index contributed by atoms with van der Waals surface area (Å²) in [5, 5.41) is 14.9. The van der Waals surface area contributed by atoms with E-state index in [0.717, 1.165) is 25.7 Å². The first kappa shape index (κ1) is 24.2. The number of hydrogen-bond donors (Lipinski definition) is 2. The number of ether oxygens (including phenoxy) is 1. The highest BCUT2D eigenvalue weighted by Crippen LogP contribution is 2.30. The summed E-state index contributed by atoms with van der Waals surface area (Å²) in [6, 6.07) is 4.89. The Hall–Kier alpha value is -2.92. The number of amides is 3. The molecule has 0 radical (unpaired) electrons.